The minimum absolute atomic E-state index is 0.0310. The number of carboxylic acid groups (broad SMARTS) is 1. The van der Waals surface area contributed by atoms with E-state index in [9.17, 15) is 19.5 Å². The quantitative estimate of drug-likeness (QED) is 0.0259. The number of ether oxygens (including phenoxy) is 3. The van der Waals surface area contributed by atoms with Crippen molar-refractivity contribution in [3.05, 3.63) is 97.2 Å². The Morgan fingerprint density at radius 1 is 0.435 bits per heavy atom. The molecule has 0 aromatic heterocycles. The summed E-state index contributed by atoms with van der Waals surface area (Å²) in [6.07, 6.45) is 68.7. The molecule has 0 aromatic rings. The van der Waals surface area contributed by atoms with Gasteiger partial charge in [0.2, 0.25) is 0 Å². The number of nitrogens with zero attached hydrogens (tertiary/aromatic N) is 1. The molecule has 8 nitrogen and oxygen atoms in total. The highest BCUT2D eigenvalue weighted by atomic mass is 16.6. The molecular weight excluding hydrogens is 859 g/mol. The van der Waals surface area contributed by atoms with Crippen molar-refractivity contribution in [3.8, 4) is 0 Å². The number of esters is 2. The van der Waals surface area contributed by atoms with Gasteiger partial charge in [0, 0.05) is 19.3 Å². The topological polar surface area (TPSA) is 102 Å². The number of hydrogen-bond acceptors (Lipinski definition) is 7. The highest BCUT2D eigenvalue weighted by Crippen LogP contribution is 2.15. The molecule has 8 heteroatoms. The van der Waals surface area contributed by atoms with Crippen LogP contribution in [0.1, 0.15) is 219 Å². The van der Waals surface area contributed by atoms with Crippen LogP contribution in [0.4, 0.5) is 0 Å². The Balaban J connectivity index is 4.23. The van der Waals surface area contributed by atoms with Gasteiger partial charge in [0.15, 0.2) is 6.10 Å². The average Bonchev–Trinajstić information content (AvgIpc) is 3.31. The van der Waals surface area contributed by atoms with E-state index in [-0.39, 0.29) is 42.7 Å². The lowest BCUT2D eigenvalue weighted by molar-refractivity contribution is -0.889. The molecule has 2 atom stereocenters. The Morgan fingerprint density at radius 2 is 0.768 bits per heavy atom. The first kappa shape index (κ1) is 65.2. The van der Waals surface area contributed by atoms with Crippen LogP contribution >= 0.6 is 0 Å². The van der Waals surface area contributed by atoms with Crippen molar-refractivity contribution in [1.82, 2.24) is 0 Å². The van der Waals surface area contributed by atoms with Crippen molar-refractivity contribution >= 4 is 17.9 Å². The van der Waals surface area contributed by atoms with E-state index >= 15 is 0 Å². The lowest BCUT2D eigenvalue weighted by Crippen LogP contribution is -2.55. The summed E-state index contributed by atoms with van der Waals surface area (Å²) in [5.41, 5.74) is 0. The zero-order valence-corrected chi connectivity index (χ0v) is 44.9. The minimum Gasteiger partial charge on any atom is -0.544 e. The second-order valence-electron chi connectivity index (χ2n) is 19.4. The van der Waals surface area contributed by atoms with Crippen LogP contribution in [-0.4, -0.2) is 75.5 Å². The molecule has 0 aliphatic rings. The van der Waals surface area contributed by atoms with Gasteiger partial charge in [-0.2, -0.15) is 0 Å². The SMILES string of the molecule is CC/C=C/C/C=C/C/C=C/C/C=C/C/C=C/CCCCCCCCC(=O)OCC(COCCC(C(=O)[O-])[N+](C)(C)C)OC(=O)CCCCCCCCCCCCCCC/C=C/C/C=C/C/C=C/CC. The second kappa shape index (κ2) is 50.6. The van der Waals surface area contributed by atoms with Gasteiger partial charge in [0.25, 0.3) is 0 Å². The lowest BCUT2D eigenvalue weighted by Gasteiger charge is -2.34. The summed E-state index contributed by atoms with van der Waals surface area (Å²) in [6, 6.07) is -0.734. The number of unbranched alkanes of at least 4 members (excludes halogenated alkanes) is 19. The number of aliphatic carboxylic acids is 1. The number of likely N-dealkylation sites (N-methyl/N-ethyl adjacent to an activating group) is 1. The maximum Gasteiger partial charge on any atom is 0.306 e. The Morgan fingerprint density at radius 3 is 1.13 bits per heavy atom. The normalized spacial score (nSPS) is 13.6. The van der Waals surface area contributed by atoms with Crippen molar-refractivity contribution in [2.75, 3.05) is 41.0 Å². The second-order valence-corrected chi connectivity index (χ2v) is 19.4. The summed E-state index contributed by atoms with van der Waals surface area (Å²) in [4.78, 5) is 37.2. The molecule has 0 fully saturated rings. The summed E-state index contributed by atoms with van der Waals surface area (Å²) >= 11 is 0. The summed E-state index contributed by atoms with van der Waals surface area (Å²) in [5, 5.41) is 11.7. The number of quaternary nitrogens is 1. The van der Waals surface area contributed by atoms with E-state index in [0.717, 1.165) is 103 Å². The van der Waals surface area contributed by atoms with Crippen molar-refractivity contribution in [1.29, 1.82) is 0 Å². The molecule has 0 aliphatic carbocycles. The van der Waals surface area contributed by atoms with E-state index in [4.69, 9.17) is 14.2 Å². The zero-order valence-electron chi connectivity index (χ0n) is 44.9. The van der Waals surface area contributed by atoms with Gasteiger partial charge in [-0.05, 0) is 89.9 Å². The van der Waals surface area contributed by atoms with Gasteiger partial charge in [-0.3, -0.25) is 9.59 Å². The van der Waals surface area contributed by atoms with Gasteiger partial charge in [-0.1, -0.05) is 207 Å². The summed E-state index contributed by atoms with van der Waals surface area (Å²) in [5.74, 6) is -1.76. The third-order valence-electron chi connectivity index (χ3n) is 12.0. The fourth-order valence-electron chi connectivity index (χ4n) is 7.76. The molecule has 0 spiro atoms. The van der Waals surface area contributed by atoms with E-state index in [1.54, 1.807) is 21.1 Å². The molecule has 0 saturated heterocycles. The van der Waals surface area contributed by atoms with Gasteiger partial charge < -0.3 is 28.6 Å². The fraction of sp³-hybridized carbons (Fsp3) is 0.689. The largest absolute Gasteiger partial charge is 0.544 e. The fourth-order valence-corrected chi connectivity index (χ4v) is 7.76. The number of rotatable bonds is 49. The molecule has 0 bridgehead atoms. The lowest BCUT2D eigenvalue weighted by atomic mass is 10.0. The zero-order chi connectivity index (χ0) is 50.6. The molecule has 0 radical (unpaired) electrons. The molecular formula is C61H103NO7. The third-order valence-corrected chi connectivity index (χ3v) is 12.0. The molecule has 0 heterocycles. The van der Waals surface area contributed by atoms with Crippen LogP contribution in [0.15, 0.2) is 97.2 Å². The number of carbonyl (C=O) groups is 3. The van der Waals surface area contributed by atoms with Crippen LogP contribution in [0.3, 0.4) is 0 Å². The van der Waals surface area contributed by atoms with Crippen molar-refractivity contribution in [2.24, 2.45) is 0 Å². The summed E-state index contributed by atoms with van der Waals surface area (Å²) < 4.78 is 17.3. The van der Waals surface area contributed by atoms with E-state index in [1.165, 1.54) is 83.5 Å². The van der Waals surface area contributed by atoms with Gasteiger partial charge in [0.1, 0.15) is 12.6 Å². The number of carboxylic acids is 1. The highest BCUT2D eigenvalue weighted by molar-refractivity contribution is 5.70. The molecule has 0 aromatic carbocycles. The average molecular weight is 962 g/mol. The maximum absolute atomic E-state index is 12.8. The molecule has 0 aliphatic heterocycles. The van der Waals surface area contributed by atoms with E-state index < -0.39 is 18.1 Å². The van der Waals surface area contributed by atoms with Gasteiger partial charge in [0.05, 0.1) is 40.3 Å². The van der Waals surface area contributed by atoms with Crippen LogP contribution in [0.2, 0.25) is 0 Å². The Bertz CT molecular complexity index is 1450. The van der Waals surface area contributed by atoms with Crippen LogP contribution in [0.5, 0.6) is 0 Å². The Labute approximate surface area is 424 Å². The van der Waals surface area contributed by atoms with E-state index in [0.29, 0.717) is 12.8 Å². The molecule has 0 amide bonds. The highest BCUT2D eigenvalue weighted by Gasteiger charge is 2.25. The molecule has 0 saturated carbocycles. The van der Waals surface area contributed by atoms with Crippen molar-refractivity contribution < 1.29 is 38.2 Å². The van der Waals surface area contributed by atoms with Crippen molar-refractivity contribution in [2.45, 2.75) is 231 Å². The first-order valence-corrected chi connectivity index (χ1v) is 27.8. The Kier molecular flexibility index (Phi) is 47.9. The number of hydrogen-bond donors (Lipinski definition) is 0. The van der Waals surface area contributed by atoms with Crippen LogP contribution in [0, 0.1) is 0 Å². The molecule has 2 unspecified atom stereocenters. The standard InChI is InChI=1S/C61H103NO7/c1-6-8-10-12-14-16-18-20-22-24-26-28-30-32-34-36-38-40-42-44-46-48-50-52-60(64)69-57(55-67-54-53-58(61(65)66)62(3,4)5)56-68-59(63)51-49-47-45-43-41-39-37-35-33-31-29-27-25-23-21-19-17-15-13-11-9-7-2/h8-11,14-17,20-23,27,29,33,35,57-58H,6-7,12-13,18-19,24-26,28,30-32,34,36-56H2,1-5H3/b10-8+,11-9+,16-14+,17-15+,22-20+,23-21+,29-27+,35-33+. The number of allylic oxidation sites excluding steroid dienone is 16. The molecule has 69 heavy (non-hydrogen) atoms. The van der Waals surface area contributed by atoms with Crippen LogP contribution < -0.4 is 5.11 Å². The number of carbonyl (C=O) groups excluding carboxylic acids is 3. The predicted molar refractivity (Wildman–Crippen MR) is 291 cm³/mol. The first-order valence-electron chi connectivity index (χ1n) is 27.8. The monoisotopic (exact) mass is 962 g/mol. The smallest absolute Gasteiger partial charge is 0.306 e. The molecule has 0 rings (SSSR count). The van der Waals surface area contributed by atoms with Gasteiger partial charge >= 0.3 is 11.9 Å². The van der Waals surface area contributed by atoms with Crippen LogP contribution in [0.25, 0.3) is 0 Å². The summed E-state index contributed by atoms with van der Waals surface area (Å²) in [6.45, 7) is 4.43. The van der Waals surface area contributed by atoms with Gasteiger partial charge in [-0.15, -0.1) is 0 Å². The predicted octanol–water partition coefficient (Wildman–Crippen LogP) is 15.3. The van der Waals surface area contributed by atoms with E-state index in [1.807, 2.05) is 0 Å². The van der Waals surface area contributed by atoms with Crippen LogP contribution in [-0.2, 0) is 28.6 Å². The van der Waals surface area contributed by atoms with E-state index in [2.05, 4.69) is 111 Å². The third kappa shape index (κ3) is 49.0. The molecule has 394 valence electrons. The molecule has 0 N–H and O–H groups in total. The Hall–Kier alpha value is -3.75. The maximum atomic E-state index is 12.8. The first-order chi connectivity index (χ1) is 33.6. The summed E-state index contributed by atoms with van der Waals surface area (Å²) in [7, 11) is 5.41. The van der Waals surface area contributed by atoms with Crippen molar-refractivity contribution in [3.63, 3.8) is 0 Å². The van der Waals surface area contributed by atoms with Gasteiger partial charge in [-0.25, -0.2) is 0 Å². The minimum atomic E-state index is -1.13.